The Balaban J connectivity index is 1.57. The van der Waals surface area contributed by atoms with Crippen LogP contribution in [-0.4, -0.2) is 21.6 Å². The second-order valence-corrected chi connectivity index (χ2v) is 7.64. The fraction of sp³-hybridized carbons (Fsp3) is 0.273. The molecule has 1 aromatic heterocycles. The molecule has 0 fully saturated rings. The van der Waals surface area contributed by atoms with E-state index >= 15 is 0 Å². The monoisotopic (exact) mass is 394 g/mol. The van der Waals surface area contributed by atoms with Gasteiger partial charge in [-0.25, -0.2) is 4.98 Å². The Morgan fingerprint density at radius 3 is 2.75 bits per heavy atom. The lowest BCUT2D eigenvalue weighted by Crippen LogP contribution is -2.31. The van der Waals surface area contributed by atoms with Crippen LogP contribution in [0.25, 0.3) is 0 Å². The van der Waals surface area contributed by atoms with E-state index in [2.05, 4.69) is 27.3 Å². The molecule has 0 spiro atoms. The van der Waals surface area contributed by atoms with Crippen molar-refractivity contribution in [2.75, 3.05) is 16.8 Å². The normalized spacial score (nSPS) is 14.5. The zero-order valence-electron chi connectivity index (χ0n) is 16.0. The van der Waals surface area contributed by atoms with E-state index in [0.717, 1.165) is 42.3 Å². The van der Waals surface area contributed by atoms with Gasteiger partial charge < -0.3 is 15.3 Å². The lowest BCUT2D eigenvalue weighted by atomic mass is 9.96. The second-order valence-electron chi connectivity index (χ2n) is 7.20. The molecule has 144 valence electrons. The van der Waals surface area contributed by atoms with E-state index in [1.165, 1.54) is 11.1 Å². The van der Waals surface area contributed by atoms with Gasteiger partial charge in [-0.3, -0.25) is 0 Å². The van der Waals surface area contributed by atoms with Crippen molar-refractivity contribution >= 4 is 29.1 Å². The third kappa shape index (κ3) is 4.11. The van der Waals surface area contributed by atoms with Crippen LogP contribution in [-0.2, 0) is 13.0 Å². The van der Waals surface area contributed by atoms with Gasteiger partial charge in [-0.05, 0) is 55.2 Å². The van der Waals surface area contributed by atoms with Gasteiger partial charge in [-0.2, -0.15) is 4.98 Å². The van der Waals surface area contributed by atoms with Gasteiger partial charge in [-0.15, -0.1) is 0 Å². The molecule has 0 radical (unpaired) electrons. The quantitative estimate of drug-likeness (QED) is 0.665. The summed E-state index contributed by atoms with van der Waals surface area (Å²) in [7, 11) is 0. The molecule has 2 aromatic carbocycles. The fourth-order valence-corrected chi connectivity index (χ4v) is 3.68. The molecule has 0 saturated heterocycles. The average molecular weight is 395 g/mol. The maximum atomic E-state index is 9.81. The number of nitrogens with zero attached hydrogens (tertiary/aromatic N) is 3. The Morgan fingerprint density at radius 1 is 1.11 bits per heavy atom. The van der Waals surface area contributed by atoms with Crippen LogP contribution in [0.15, 0.2) is 48.5 Å². The van der Waals surface area contributed by atoms with E-state index in [-0.39, 0.29) is 0 Å². The molecule has 6 heteroatoms. The summed E-state index contributed by atoms with van der Waals surface area (Å²) in [6, 6.07) is 15.8. The summed E-state index contributed by atoms with van der Waals surface area (Å²) in [5, 5.41) is 13.7. The minimum atomic E-state index is -0.437. The molecule has 2 N–H and O–H groups in total. The average Bonchev–Trinajstić information content (AvgIpc) is 2.66. The summed E-state index contributed by atoms with van der Waals surface area (Å²) in [6.45, 7) is 5.45. The van der Waals surface area contributed by atoms with E-state index in [1.54, 1.807) is 6.92 Å². The highest BCUT2D eigenvalue weighted by Gasteiger charge is 2.19. The van der Waals surface area contributed by atoms with E-state index in [0.29, 0.717) is 11.0 Å². The summed E-state index contributed by atoms with van der Waals surface area (Å²) in [6.07, 6.45) is 0.490. The number of benzene rings is 2. The Morgan fingerprint density at radius 2 is 1.96 bits per heavy atom. The molecule has 2 heterocycles. The smallest absolute Gasteiger partial charge is 0.229 e. The summed E-state index contributed by atoms with van der Waals surface area (Å²) in [5.41, 5.74) is 5.32. The topological polar surface area (TPSA) is 61.3 Å². The minimum Gasteiger partial charge on any atom is -0.389 e. The van der Waals surface area contributed by atoms with E-state index in [4.69, 9.17) is 16.6 Å². The van der Waals surface area contributed by atoms with Gasteiger partial charge in [0.1, 0.15) is 5.82 Å². The van der Waals surface area contributed by atoms with Crippen LogP contribution >= 0.6 is 11.6 Å². The van der Waals surface area contributed by atoms with Gasteiger partial charge in [0.2, 0.25) is 5.95 Å². The second kappa shape index (κ2) is 7.78. The lowest BCUT2D eigenvalue weighted by molar-refractivity contribution is 0.199. The van der Waals surface area contributed by atoms with Gasteiger partial charge in [0.25, 0.3) is 0 Å². The van der Waals surface area contributed by atoms with Crippen LogP contribution in [0.2, 0.25) is 5.02 Å². The van der Waals surface area contributed by atoms with Gasteiger partial charge in [0.15, 0.2) is 0 Å². The molecule has 1 aliphatic heterocycles. The number of halogens is 1. The van der Waals surface area contributed by atoms with Crippen molar-refractivity contribution in [1.82, 2.24) is 9.97 Å². The van der Waals surface area contributed by atoms with Crippen molar-refractivity contribution in [3.63, 3.8) is 0 Å². The Bertz CT molecular complexity index is 1010. The number of anilines is 3. The number of fused-ring (bicyclic) bond motifs is 1. The molecule has 0 unspecified atom stereocenters. The number of nitrogens with one attached hydrogen (secondary N) is 1. The zero-order chi connectivity index (χ0) is 19.7. The third-order valence-corrected chi connectivity index (χ3v) is 5.21. The van der Waals surface area contributed by atoms with Crippen molar-refractivity contribution in [2.45, 2.75) is 32.9 Å². The van der Waals surface area contributed by atoms with Crippen molar-refractivity contribution in [3.8, 4) is 0 Å². The summed E-state index contributed by atoms with van der Waals surface area (Å²) in [4.78, 5) is 11.5. The lowest BCUT2D eigenvalue weighted by Gasteiger charge is -2.30. The molecule has 1 atom stereocenters. The predicted octanol–water partition coefficient (Wildman–Crippen LogP) is 4.80. The van der Waals surface area contributed by atoms with Crippen LogP contribution in [0.4, 0.5) is 17.5 Å². The first-order valence-electron chi connectivity index (χ1n) is 9.41. The van der Waals surface area contributed by atoms with Gasteiger partial charge in [0, 0.05) is 35.6 Å². The van der Waals surface area contributed by atoms with Crippen LogP contribution < -0.4 is 10.2 Å². The largest absolute Gasteiger partial charge is 0.389 e. The predicted molar refractivity (Wildman–Crippen MR) is 113 cm³/mol. The number of hydrogen-bond donors (Lipinski definition) is 2. The molecule has 5 nitrogen and oxygen atoms in total. The highest BCUT2D eigenvalue weighted by atomic mass is 35.5. The minimum absolute atomic E-state index is 0.437. The maximum Gasteiger partial charge on any atom is 0.229 e. The van der Waals surface area contributed by atoms with Crippen LogP contribution in [0.5, 0.6) is 0 Å². The van der Waals surface area contributed by atoms with Crippen LogP contribution in [0, 0.1) is 6.92 Å². The molecule has 0 saturated carbocycles. The van der Waals surface area contributed by atoms with Gasteiger partial charge in [-0.1, -0.05) is 35.9 Å². The number of aliphatic hydroxyl groups excluding tert-OH is 1. The number of rotatable bonds is 4. The highest BCUT2D eigenvalue weighted by molar-refractivity contribution is 6.30. The molecular weight excluding hydrogens is 372 g/mol. The molecule has 4 rings (SSSR count). The first-order valence-corrected chi connectivity index (χ1v) is 9.79. The summed E-state index contributed by atoms with van der Waals surface area (Å²) in [5.74, 6) is 1.47. The first kappa shape index (κ1) is 18.7. The van der Waals surface area contributed by atoms with Crippen molar-refractivity contribution in [2.24, 2.45) is 0 Å². The number of aliphatic hydroxyl groups is 1. The molecule has 0 bridgehead atoms. The number of aromatic nitrogens is 2. The van der Waals surface area contributed by atoms with E-state index in [9.17, 15) is 5.11 Å². The van der Waals surface area contributed by atoms with E-state index in [1.807, 2.05) is 43.3 Å². The first-order chi connectivity index (χ1) is 13.5. The maximum absolute atomic E-state index is 9.81. The third-order valence-electron chi connectivity index (χ3n) is 4.97. The number of aryl methyl sites for hydroxylation is 1. The van der Waals surface area contributed by atoms with Crippen molar-refractivity contribution in [3.05, 3.63) is 75.9 Å². The van der Waals surface area contributed by atoms with Crippen molar-refractivity contribution in [1.29, 1.82) is 0 Å². The van der Waals surface area contributed by atoms with Crippen molar-refractivity contribution < 1.29 is 5.11 Å². The molecule has 0 aliphatic carbocycles. The Labute approximate surface area is 170 Å². The molecule has 28 heavy (non-hydrogen) atoms. The molecular formula is C22H23ClN4O. The Kier molecular flexibility index (Phi) is 5.20. The summed E-state index contributed by atoms with van der Waals surface area (Å²) < 4.78 is 0. The van der Waals surface area contributed by atoms with Crippen LogP contribution in [0.3, 0.4) is 0 Å². The highest BCUT2D eigenvalue weighted by Crippen LogP contribution is 2.27. The Hall–Kier alpha value is -2.63. The van der Waals surface area contributed by atoms with Gasteiger partial charge >= 0.3 is 0 Å². The zero-order valence-corrected chi connectivity index (χ0v) is 16.7. The van der Waals surface area contributed by atoms with Crippen LogP contribution in [0.1, 0.15) is 35.4 Å². The fourth-order valence-electron chi connectivity index (χ4n) is 3.49. The van der Waals surface area contributed by atoms with E-state index < -0.39 is 6.10 Å². The number of hydrogen-bond acceptors (Lipinski definition) is 5. The molecule has 3 aromatic rings. The summed E-state index contributed by atoms with van der Waals surface area (Å²) >= 11 is 6.07. The standard InChI is InChI=1S/C22H23ClN4O/c1-14-10-21(26-22(24-14)25-20-5-3-4-19(23)12-20)27-9-8-17-11-16(15(2)28)6-7-18(17)13-27/h3-7,10-12,15,28H,8-9,13H2,1-2H3,(H,24,25,26)/t15-/m0/s1. The van der Waals surface area contributed by atoms with Gasteiger partial charge in [0.05, 0.1) is 6.10 Å². The SMILES string of the molecule is Cc1cc(N2CCc3cc([C@H](C)O)ccc3C2)nc(Nc2cccc(Cl)c2)n1. The molecule has 1 aliphatic rings. The molecule has 0 amide bonds.